The average Bonchev–Trinajstić information content (AvgIpc) is 3.35. The molecule has 3 heterocycles. The summed E-state index contributed by atoms with van der Waals surface area (Å²) < 4.78 is 0. The molecule has 0 radical (unpaired) electrons. The molecule has 2 atom stereocenters. The van der Waals surface area contributed by atoms with Crippen molar-refractivity contribution < 1.29 is 4.79 Å². The van der Waals surface area contributed by atoms with E-state index in [1.165, 1.54) is 0 Å². The fraction of sp³-hybridized carbons (Fsp3) is 0.222. The van der Waals surface area contributed by atoms with Crippen molar-refractivity contribution in [3.63, 3.8) is 0 Å². The van der Waals surface area contributed by atoms with E-state index < -0.39 is 0 Å². The standard InChI is InChI=1S/C18H16N4O/c1-10-2-3-20-9-15(10)17-5-12-7-21-16(4-11(12)8-22-17)13-6-14(13)18(19)23/h2-5,7-9,13-14H,6H2,1H3,(H2,19,23). The molecule has 1 saturated carbocycles. The van der Waals surface area contributed by atoms with Crippen LogP contribution >= 0.6 is 0 Å². The molecule has 5 heteroatoms. The minimum atomic E-state index is -0.238. The number of aryl methyl sites for hydroxylation is 1. The summed E-state index contributed by atoms with van der Waals surface area (Å²) in [4.78, 5) is 24.5. The first-order chi connectivity index (χ1) is 11.1. The molecule has 1 aliphatic rings. The Morgan fingerprint density at radius 3 is 2.70 bits per heavy atom. The molecule has 4 rings (SSSR count). The van der Waals surface area contributed by atoms with Crippen LogP contribution in [0, 0.1) is 12.8 Å². The number of primary amides is 1. The number of hydrogen-bond acceptors (Lipinski definition) is 4. The lowest BCUT2D eigenvalue weighted by Gasteiger charge is -2.07. The second kappa shape index (κ2) is 5.12. The van der Waals surface area contributed by atoms with E-state index in [-0.39, 0.29) is 17.7 Å². The van der Waals surface area contributed by atoms with E-state index >= 15 is 0 Å². The molecule has 0 aromatic carbocycles. The Balaban J connectivity index is 1.71. The van der Waals surface area contributed by atoms with E-state index in [1.54, 1.807) is 6.20 Å². The molecule has 1 amide bonds. The van der Waals surface area contributed by atoms with Crippen LogP contribution in [0.4, 0.5) is 0 Å². The maximum atomic E-state index is 11.2. The number of hydrogen-bond donors (Lipinski definition) is 1. The molecule has 0 saturated heterocycles. The molecule has 2 unspecified atom stereocenters. The van der Waals surface area contributed by atoms with Crippen LogP contribution in [-0.2, 0) is 4.79 Å². The van der Waals surface area contributed by atoms with E-state index in [2.05, 4.69) is 15.0 Å². The summed E-state index contributed by atoms with van der Waals surface area (Å²) in [6.07, 6.45) is 8.10. The van der Waals surface area contributed by atoms with Crippen molar-refractivity contribution in [1.29, 1.82) is 0 Å². The third kappa shape index (κ3) is 2.44. The molecule has 1 fully saturated rings. The molecular formula is C18H16N4O. The van der Waals surface area contributed by atoms with Crippen molar-refractivity contribution >= 4 is 16.7 Å². The number of pyridine rings is 3. The van der Waals surface area contributed by atoms with Gasteiger partial charge in [0.05, 0.1) is 5.69 Å². The first kappa shape index (κ1) is 13.8. The van der Waals surface area contributed by atoms with Crippen LogP contribution in [0.15, 0.2) is 43.0 Å². The van der Waals surface area contributed by atoms with E-state index in [9.17, 15) is 4.79 Å². The predicted octanol–water partition coefficient (Wildman–Crippen LogP) is 2.59. The van der Waals surface area contributed by atoms with Gasteiger partial charge >= 0.3 is 0 Å². The summed E-state index contributed by atoms with van der Waals surface area (Å²) in [5, 5.41) is 2.05. The van der Waals surface area contributed by atoms with Crippen molar-refractivity contribution in [2.45, 2.75) is 19.3 Å². The van der Waals surface area contributed by atoms with Gasteiger partial charge in [0, 0.05) is 58.7 Å². The third-order valence-electron chi connectivity index (χ3n) is 4.48. The highest BCUT2D eigenvalue weighted by Crippen LogP contribution is 2.46. The molecule has 3 aromatic heterocycles. The molecule has 23 heavy (non-hydrogen) atoms. The Kier molecular flexibility index (Phi) is 3.08. The fourth-order valence-electron chi connectivity index (χ4n) is 2.97. The molecular weight excluding hydrogens is 288 g/mol. The number of fused-ring (bicyclic) bond motifs is 1. The normalized spacial score (nSPS) is 19.7. The Morgan fingerprint density at radius 1 is 1.17 bits per heavy atom. The van der Waals surface area contributed by atoms with Gasteiger partial charge in [-0.25, -0.2) is 0 Å². The van der Waals surface area contributed by atoms with Crippen LogP contribution in [0.2, 0.25) is 0 Å². The van der Waals surface area contributed by atoms with E-state index in [4.69, 9.17) is 5.73 Å². The number of carbonyl (C=O) groups excluding carboxylic acids is 1. The number of amides is 1. The summed E-state index contributed by atoms with van der Waals surface area (Å²) >= 11 is 0. The zero-order valence-corrected chi connectivity index (χ0v) is 12.7. The van der Waals surface area contributed by atoms with Gasteiger partial charge in [0.1, 0.15) is 0 Å². The quantitative estimate of drug-likeness (QED) is 0.806. The van der Waals surface area contributed by atoms with E-state index in [1.807, 2.05) is 43.7 Å². The summed E-state index contributed by atoms with van der Waals surface area (Å²) in [5.74, 6) is -0.139. The van der Waals surface area contributed by atoms with Gasteiger partial charge in [0.2, 0.25) is 5.91 Å². The van der Waals surface area contributed by atoms with Crippen LogP contribution in [0.25, 0.3) is 22.0 Å². The maximum Gasteiger partial charge on any atom is 0.221 e. The second-order valence-corrected chi connectivity index (χ2v) is 6.07. The van der Waals surface area contributed by atoms with Crippen LogP contribution in [-0.4, -0.2) is 20.9 Å². The van der Waals surface area contributed by atoms with Crippen molar-refractivity contribution in [3.05, 3.63) is 54.2 Å². The lowest BCUT2D eigenvalue weighted by Crippen LogP contribution is -2.13. The second-order valence-electron chi connectivity index (χ2n) is 6.07. The summed E-state index contributed by atoms with van der Waals surface area (Å²) in [6.45, 7) is 2.04. The molecule has 2 N–H and O–H groups in total. The molecule has 1 aliphatic carbocycles. The average molecular weight is 304 g/mol. The van der Waals surface area contributed by atoms with Crippen LogP contribution in [0.3, 0.4) is 0 Å². The minimum absolute atomic E-state index is 0.0646. The van der Waals surface area contributed by atoms with Gasteiger partial charge in [-0.1, -0.05) is 0 Å². The van der Waals surface area contributed by atoms with Gasteiger partial charge in [-0.15, -0.1) is 0 Å². The molecule has 5 nitrogen and oxygen atoms in total. The largest absolute Gasteiger partial charge is 0.369 e. The van der Waals surface area contributed by atoms with Crippen LogP contribution < -0.4 is 5.73 Å². The Morgan fingerprint density at radius 2 is 1.96 bits per heavy atom. The summed E-state index contributed by atoms with van der Waals surface area (Å²) in [5.41, 5.74) is 9.32. The highest BCUT2D eigenvalue weighted by Gasteiger charge is 2.43. The lowest BCUT2D eigenvalue weighted by molar-refractivity contribution is -0.119. The van der Waals surface area contributed by atoms with Crippen LogP contribution in [0.1, 0.15) is 23.6 Å². The van der Waals surface area contributed by atoms with Crippen molar-refractivity contribution in [2.75, 3.05) is 0 Å². The topological polar surface area (TPSA) is 81.8 Å². The SMILES string of the molecule is Cc1ccncc1-c1cc2cnc(C3CC3C(N)=O)cc2cn1. The Hall–Kier alpha value is -2.82. The van der Waals surface area contributed by atoms with Crippen molar-refractivity contribution in [3.8, 4) is 11.3 Å². The van der Waals surface area contributed by atoms with E-state index in [0.717, 1.165) is 39.7 Å². The third-order valence-corrected chi connectivity index (χ3v) is 4.48. The van der Waals surface area contributed by atoms with Gasteiger partial charge in [-0.3, -0.25) is 19.7 Å². The van der Waals surface area contributed by atoms with Gasteiger partial charge in [0.25, 0.3) is 0 Å². The maximum absolute atomic E-state index is 11.2. The number of carbonyl (C=O) groups is 1. The number of rotatable bonds is 3. The smallest absolute Gasteiger partial charge is 0.221 e. The molecule has 0 spiro atoms. The fourth-order valence-corrected chi connectivity index (χ4v) is 2.97. The van der Waals surface area contributed by atoms with Crippen LogP contribution in [0.5, 0.6) is 0 Å². The van der Waals surface area contributed by atoms with Crippen molar-refractivity contribution in [1.82, 2.24) is 15.0 Å². The first-order valence-electron chi connectivity index (χ1n) is 7.59. The van der Waals surface area contributed by atoms with Gasteiger partial charge in [0.15, 0.2) is 0 Å². The zero-order chi connectivity index (χ0) is 16.0. The van der Waals surface area contributed by atoms with Gasteiger partial charge in [-0.05, 0) is 37.1 Å². The summed E-state index contributed by atoms with van der Waals surface area (Å²) in [6, 6.07) is 6.00. The van der Waals surface area contributed by atoms with Crippen molar-refractivity contribution in [2.24, 2.45) is 11.7 Å². The number of nitrogens with two attached hydrogens (primary N) is 1. The van der Waals surface area contributed by atoms with Gasteiger partial charge < -0.3 is 5.73 Å². The number of nitrogens with zero attached hydrogens (tertiary/aromatic N) is 3. The zero-order valence-electron chi connectivity index (χ0n) is 12.7. The molecule has 114 valence electrons. The van der Waals surface area contributed by atoms with E-state index in [0.29, 0.717) is 0 Å². The molecule has 0 bridgehead atoms. The highest BCUT2D eigenvalue weighted by molar-refractivity contribution is 5.86. The molecule has 3 aromatic rings. The highest BCUT2D eigenvalue weighted by atomic mass is 16.1. The summed E-state index contributed by atoms with van der Waals surface area (Å²) in [7, 11) is 0. The monoisotopic (exact) mass is 304 g/mol. The Bertz CT molecular complexity index is 922. The minimum Gasteiger partial charge on any atom is -0.369 e. The molecule has 0 aliphatic heterocycles. The van der Waals surface area contributed by atoms with Gasteiger partial charge in [-0.2, -0.15) is 0 Å². The Labute approximate surface area is 133 Å². The first-order valence-corrected chi connectivity index (χ1v) is 7.59. The number of aromatic nitrogens is 3. The predicted molar refractivity (Wildman–Crippen MR) is 87.5 cm³/mol. The lowest BCUT2D eigenvalue weighted by atomic mass is 10.1.